The molecule has 0 radical (unpaired) electrons. The molecule has 184 valence electrons. The van der Waals surface area contributed by atoms with Crippen LogP contribution in [0.2, 0.25) is 0 Å². The second kappa shape index (κ2) is 9.55. The van der Waals surface area contributed by atoms with Gasteiger partial charge in [-0.25, -0.2) is 23.7 Å². The molecule has 1 fully saturated rings. The van der Waals surface area contributed by atoms with Crippen LogP contribution in [-0.4, -0.2) is 50.8 Å². The van der Waals surface area contributed by atoms with E-state index in [1.54, 1.807) is 19.1 Å². The molecule has 11 heteroatoms. The van der Waals surface area contributed by atoms with E-state index in [4.69, 9.17) is 0 Å². The van der Waals surface area contributed by atoms with Gasteiger partial charge in [0.05, 0.1) is 18.4 Å². The molecule has 1 aliphatic heterocycles. The SMILES string of the molecule is Cc1ccc(-c2ccccc2)c(C(=O)N2CCC(F)(F)C[C@H]2CNc2cnc(C(F)(F)F)cn2)n1. The van der Waals surface area contributed by atoms with Crippen molar-refractivity contribution >= 4 is 11.7 Å². The third-order valence-electron chi connectivity index (χ3n) is 5.74. The van der Waals surface area contributed by atoms with E-state index < -0.39 is 42.6 Å². The van der Waals surface area contributed by atoms with Crippen molar-refractivity contribution in [1.29, 1.82) is 0 Å². The van der Waals surface area contributed by atoms with Crippen molar-refractivity contribution in [2.24, 2.45) is 0 Å². The predicted molar refractivity (Wildman–Crippen MR) is 119 cm³/mol. The summed E-state index contributed by atoms with van der Waals surface area (Å²) in [5.74, 6) is -3.50. The Morgan fingerprint density at radius 1 is 1.11 bits per heavy atom. The molecule has 0 saturated carbocycles. The summed E-state index contributed by atoms with van der Waals surface area (Å²) in [4.78, 5) is 26.3. The number of aromatic nitrogens is 3. The molecule has 6 nitrogen and oxygen atoms in total. The molecule has 2 aromatic heterocycles. The predicted octanol–water partition coefficient (Wildman–Crippen LogP) is 5.22. The second-order valence-electron chi connectivity index (χ2n) is 8.34. The first-order valence-electron chi connectivity index (χ1n) is 10.9. The van der Waals surface area contributed by atoms with Crippen LogP contribution in [0.4, 0.5) is 27.8 Å². The Hall–Kier alpha value is -3.63. The molecule has 3 heterocycles. The van der Waals surface area contributed by atoms with E-state index in [0.29, 0.717) is 17.5 Å². The van der Waals surface area contributed by atoms with Crippen molar-refractivity contribution in [3.05, 3.63) is 71.9 Å². The Labute approximate surface area is 198 Å². The number of hydrogen-bond acceptors (Lipinski definition) is 5. The lowest BCUT2D eigenvalue weighted by Crippen LogP contribution is -2.52. The molecule has 1 N–H and O–H groups in total. The summed E-state index contributed by atoms with van der Waals surface area (Å²) in [5.41, 5.74) is 0.938. The van der Waals surface area contributed by atoms with Gasteiger partial charge in [-0.05, 0) is 18.6 Å². The number of benzene rings is 1. The van der Waals surface area contributed by atoms with Gasteiger partial charge in [0.2, 0.25) is 0 Å². The molecule has 0 bridgehead atoms. The van der Waals surface area contributed by atoms with Crippen molar-refractivity contribution in [3.8, 4) is 11.1 Å². The van der Waals surface area contributed by atoms with Crippen molar-refractivity contribution < 1.29 is 26.7 Å². The molecule has 1 saturated heterocycles. The van der Waals surface area contributed by atoms with Crippen molar-refractivity contribution in [3.63, 3.8) is 0 Å². The normalized spacial score (nSPS) is 17.8. The second-order valence-corrected chi connectivity index (χ2v) is 8.34. The minimum atomic E-state index is -4.64. The fourth-order valence-corrected chi connectivity index (χ4v) is 3.97. The minimum Gasteiger partial charge on any atom is -0.367 e. The van der Waals surface area contributed by atoms with E-state index in [0.717, 1.165) is 11.8 Å². The highest BCUT2D eigenvalue weighted by Crippen LogP contribution is 2.34. The van der Waals surface area contributed by atoms with Crippen LogP contribution in [0.5, 0.6) is 0 Å². The van der Waals surface area contributed by atoms with Gasteiger partial charge in [0, 0.05) is 37.2 Å². The van der Waals surface area contributed by atoms with Crippen LogP contribution in [0, 0.1) is 6.92 Å². The highest BCUT2D eigenvalue weighted by atomic mass is 19.4. The minimum absolute atomic E-state index is 0.0158. The van der Waals surface area contributed by atoms with Crippen LogP contribution < -0.4 is 5.32 Å². The summed E-state index contributed by atoms with van der Waals surface area (Å²) >= 11 is 0. The number of aryl methyl sites for hydroxylation is 1. The quantitative estimate of drug-likeness (QED) is 0.496. The van der Waals surface area contributed by atoms with Crippen LogP contribution in [0.1, 0.15) is 34.7 Å². The summed E-state index contributed by atoms with van der Waals surface area (Å²) in [7, 11) is 0. The summed E-state index contributed by atoms with van der Waals surface area (Å²) in [6.07, 6.45) is -4.30. The number of halogens is 5. The number of amides is 1. The number of likely N-dealkylation sites (tertiary alicyclic amines) is 1. The number of piperidine rings is 1. The van der Waals surface area contributed by atoms with E-state index in [1.807, 2.05) is 30.3 Å². The number of carbonyl (C=O) groups is 1. The lowest BCUT2D eigenvalue weighted by molar-refractivity contribution is -0.141. The van der Waals surface area contributed by atoms with Gasteiger partial charge >= 0.3 is 6.18 Å². The van der Waals surface area contributed by atoms with E-state index in [1.165, 1.54) is 4.90 Å². The molecular formula is C24H22F5N5O. The molecular weight excluding hydrogens is 469 g/mol. The number of alkyl halides is 5. The number of carbonyl (C=O) groups excluding carboxylic acids is 1. The summed E-state index contributed by atoms with van der Waals surface area (Å²) in [6, 6.07) is 11.7. The number of nitrogens with one attached hydrogen (secondary N) is 1. The molecule has 0 unspecified atom stereocenters. The third kappa shape index (κ3) is 5.72. The molecule has 0 spiro atoms. The highest BCUT2D eigenvalue weighted by molar-refractivity contribution is 5.99. The van der Waals surface area contributed by atoms with Gasteiger partial charge in [0.1, 0.15) is 11.5 Å². The van der Waals surface area contributed by atoms with Crippen LogP contribution in [-0.2, 0) is 6.18 Å². The Balaban J connectivity index is 1.58. The largest absolute Gasteiger partial charge is 0.434 e. The maximum atomic E-state index is 14.3. The fourth-order valence-electron chi connectivity index (χ4n) is 3.97. The van der Waals surface area contributed by atoms with E-state index >= 15 is 0 Å². The molecule has 4 rings (SSSR count). The molecule has 3 aromatic rings. The summed E-state index contributed by atoms with van der Waals surface area (Å²) in [6.45, 7) is 1.40. The van der Waals surface area contributed by atoms with Gasteiger partial charge in [-0.2, -0.15) is 13.2 Å². The lowest BCUT2D eigenvalue weighted by atomic mass is 9.96. The number of anilines is 1. The first kappa shape index (κ1) is 24.5. The van der Waals surface area contributed by atoms with Gasteiger partial charge in [-0.1, -0.05) is 36.4 Å². The average molecular weight is 491 g/mol. The van der Waals surface area contributed by atoms with E-state index in [9.17, 15) is 26.7 Å². The van der Waals surface area contributed by atoms with E-state index in [2.05, 4.69) is 20.3 Å². The standard InChI is InChI=1S/C24H22F5N5O/c1-15-7-8-18(16-5-3-2-4-6-16)21(33-15)22(35)34-10-9-23(25,26)11-17(34)12-31-20-14-30-19(13-32-20)24(27,28)29/h2-8,13-14,17H,9-12H2,1H3,(H,31,32)/t17-/m0/s1. The summed E-state index contributed by atoms with van der Waals surface area (Å²) < 4.78 is 66.7. The molecule has 1 aliphatic rings. The number of hydrogen-bond donors (Lipinski definition) is 1. The zero-order valence-corrected chi connectivity index (χ0v) is 18.7. The Kier molecular flexibility index (Phi) is 6.68. The van der Waals surface area contributed by atoms with Gasteiger partial charge in [0.25, 0.3) is 11.8 Å². The Morgan fingerprint density at radius 2 is 1.86 bits per heavy atom. The van der Waals surface area contributed by atoms with Crippen molar-refractivity contribution in [1.82, 2.24) is 19.9 Å². The fraction of sp³-hybridized carbons (Fsp3) is 0.333. The number of nitrogens with zero attached hydrogens (tertiary/aromatic N) is 4. The number of rotatable bonds is 5. The van der Waals surface area contributed by atoms with Gasteiger partial charge in [0.15, 0.2) is 5.69 Å². The molecule has 1 amide bonds. The summed E-state index contributed by atoms with van der Waals surface area (Å²) in [5, 5.41) is 2.74. The first-order valence-corrected chi connectivity index (χ1v) is 10.9. The molecule has 1 aromatic carbocycles. The third-order valence-corrected chi connectivity index (χ3v) is 5.74. The first-order chi connectivity index (χ1) is 16.5. The van der Waals surface area contributed by atoms with E-state index in [-0.39, 0.29) is 24.6 Å². The zero-order valence-electron chi connectivity index (χ0n) is 18.7. The van der Waals surface area contributed by atoms with Crippen molar-refractivity contribution in [2.45, 2.75) is 37.9 Å². The molecule has 1 atom stereocenters. The van der Waals surface area contributed by atoms with Gasteiger partial charge in [-0.15, -0.1) is 0 Å². The smallest absolute Gasteiger partial charge is 0.367 e. The monoisotopic (exact) mass is 491 g/mol. The lowest BCUT2D eigenvalue weighted by Gasteiger charge is -2.39. The van der Waals surface area contributed by atoms with Gasteiger partial charge < -0.3 is 10.2 Å². The average Bonchev–Trinajstić information content (AvgIpc) is 2.82. The van der Waals surface area contributed by atoms with Gasteiger partial charge in [-0.3, -0.25) is 4.79 Å². The maximum absolute atomic E-state index is 14.3. The van der Waals surface area contributed by atoms with Crippen LogP contribution in [0.3, 0.4) is 0 Å². The van der Waals surface area contributed by atoms with Crippen LogP contribution in [0.25, 0.3) is 11.1 Å². The Morgan fingerprint density at radius 3 is 2.51 bits per heavy atom. The van der Waals surface area contributed by atoms with Crippen molar-refractivity contribution in [2.75, 3.05) is 18.4 Å². The zero-order chi connectivity index (χ0) is 25.2. The number of pyridine rings is 1. The van der Waals surface area contributed by atoms with Crippen LogP contribution >= 0.6 is 0 Å². The van der Waals surface area contributed by atoms with Crippen LogP contribution in [0.15, 0.2) is 54.9 Å². The molecule has 35 heavy (non-hydrogen) atoms. The topological polar surface area (TPSA) is 71.0 Å². The maximum Gasteiger partial charge on any atom is 0.434 e. The highest BCUT2D eigenvalue weighted by Gasteiger charge is 2.43. The molecule has 0 aliphatic carbocycles. The Bertz CT molecular complexity index is 1190.